The van der Waals surface area contributed by atoms with Gasteiger partial charge in [-0.25, -0.2) is 9.66 Å². The Balaban J connectivity index is 1.44. The number of hydrogen-bond donors (Lipinski definition) is 2. The molecule has 2 aromatic heterocycles. The summed E-state index contributed by atoms with van der Waals surface area (Å²) in [7, 11) is 0. The van der Waals surface area contributed by atoms with Crippen LogP contribution in [0.2, 0.25) is 0 Å². The van der Waals surface area contributed by atoms with Crippen LogP contribution in [-0.2, 0) is 4.79 Å². The van der Waals surface area contributed by atoms with Gasteiger partial charge in [0.2, 0.25) is 5.91 Å². The van der Waals surface area contributed by atoms with E-state index >= 15 is 0 Å². The van der Waals surface area contributed by atoms with Crippen LogP contribution in [0.3, 0.4) is 0 Å². The van der Waals surface area contributed by atoms with Crippen LogP contribution >= 0.6 is 11.3 Å². The van der Waals surface area contributed by atoms with Crippen molar-refractivity contribution < 1.29 is 9.59 Å². The predicted octanol–water partition coefficient (Wildman–Crippen LogP) is 2.38. The van der Waals surface area contributed by atoms with E-state index in [1.54, 1.807) is 17.1 Å². The van der Waals surface area contributed by atoms with Crippen molar-refractivity contribution in [2.45, 2.75) is 12.8 Å². The standard InChI is InChI=1S/C16H16N4O2S/c21-15(8-3-9-17-16(22)14-7-4-10-23-14)19-20-11-18-12-5-1-2-6-13(12)20/h1-2,4-7,10-11H,3,8-9H2,(H,17,22)(H,19,21). The van der Waals surface area contributed by atoms with Crippen molar-refractivity contribution in [3.05, 3.63) is 53.0 Å². The van der Waals surface area contributed by atoms with Crippen molar-refractivity contribution in [3.63, 3.8) is 0 Å². The topological polar surface area (TPSA) is 76.0 Å². The average molecular weight is 328 g/mol. The number of rotatable bonds is 6. The summed E-state index contributed by atoms with van der Waals surface area (Å²) >= 11 is 1.40. The van der Waals surface area contributed by atoms with E-state index in [0.29, 0.717) is 24.3 Å². The molecule has 23 heavy (non-hydrogen) atoms. The lowest BCUT2D eigenvalue weighted by Gasteiger charge is -2.07. The Kier molecular flexibility index (Phi) is 4.68. The summed E-state index contributed by atoms with van der Waals surface area (Å²) < 4.78 is 1.61. The highest BCUT2D eigenvalue weighted by Gasteiger charge is 2.08. The van der Waals surface area contributed by atoms with Crippen molar-refractivity contribution in [1.82, 2.24) is 15.0 Å². The van der Waals surface area contributed by atoms with Crippen molar-refractivity contribution in [2.24, 2.45) is 0 Å². The summed E-state index contributed by atoms with van der Waals surface area (Å²) in [5, 5.41) is 4.66. The third-order valence-electron chi connectivity index (χ3n) is 3.31. The van der Waals surface area contributed by atoms with Crippen LogP contribution in [0.4, 0.5) is 0 Å². The van der Waals surface area contributed by atoms with Crippen molar-refractivity contribution >= 4 is 34.2 Å². The summed E-state index contributed by atoms with van der Waals surface area (Å²) in [5.41, 5.74) is 4.47. The van der Waals surface area contributed by atoms with Gasteiger partial charge in [0, 0.05) is 13.0 Å². The van der Waals surface area contributed by atoms with E-state index in [9.17, 15) is 9.59 Å². The second-order valence-corrected chi connectivity index (χ2v) is 5.92. The average Bonchev–Trinajstić information content (AvgIpc) is 3.22. The van der Waals surface area contributed by atoms with E-state index in [2.05, 4.69) is 15.7 Å². The van der Waals surface area contributed by atoms with E-state index in [-0.39, 0.29) is 11.8 Å². The van der Waals surface area contributed by atoms with Crippen LogP contribution in [0, 0.1) is 0 Å². The molecule has 2 amide bonds. The molecule has 0 saturated heterocycles. The SMILES string of the molecule is O=C(CCCNC(=O)c1cccs1)Nn1cnc2ccccc21. The highest BCUT2D eigenvalue weighted by molar-refractivity contribution is 7.12. The molecule has 0 radical (unpaired) electrons. The van der Waals surface area contributed by atoms with Gasteiger partial charge >= 0.3 is 0 Å². The van der Waals surface area contributed by atoms with Gasteiger partial charge in [0.15, 0.2) is 0 Å². The lowest BCUT2D eigenvalue weighted by atomic mass is 10.3. The number of carbonyl (C=O) groups is 2. The fourth-order valence-corrected chi connectivity index (χ4v) is 2.82. The number of nitrogens with zero attached hydrogens (tertiary/aromatic N) is 2. The van der Waals surface area contributed by atoms with Gasteiger partial charge in [-0.2, -0.15) is 0 Å². The van der Waals surface area contributed by atoms with Crippen LogP contribution < -0.4 is 10.7 Å². The van der Waals surface area contributed by atoms with Crippen LogP contribution in [-0.4, -0.2) is 28.0 Å². The van der Waals surface area contributed by atoms with E-state index in [4.69, 9.17) is 0 Å². The van der Waals surface area contributed by atoms with Gasteiger partial charge < -0.3 is 5.32 Å². The highest BCUT2D eigenvalue weighted by Crippen LogP contribution is 2.10. The molecular formula is C16H16N4O2S. The Morgan fingerprint density at radius 1 is 1.17 bits per heavy atom. The first-order chi connectivity index (χ1) is 11.2. The molecule has 0 atom stereocenters. The molecule has 3 aromatic rings. The van der Waals surface area contributed by atoms with Gasteiger partial charge in [-0.15, -0.1) is 11.3 Å². The van der Waals surface area contributed by atoms with Gasteiger partial charge in [-0.05, 0) is 30.0 Å². The molecule has 3 rings (SSSR count). The maximum atomic E-state index is 12.0. The molecule has 7 heteroatoms. The number of aromatic nitrogens is 2. The number of imidazole rings is 1. The Morgan fingerprint density at radius 2 is 2.04 bits per heavy atom. The normalized spacial score (nSPS) is 10.6. The van der Waals surface area contributed by atoms with Gasteiger partial charge in [0.1, 0.15) is 6.33 Å². The molecule has 0 fully saturated rings. The third-order valence-corrected chi connectivity index (χ3v) is 4.18. The Morgan fingerprint density at radius 3 is 2.87 bits per heavy atom. The zero-order valence-corrected chi connectivity index (χ0v) is 13.2. The summed E-state index contributed by atoms with van der Waals surface area (Å²) in [5.74, 6) is -0.209. The van der Waals surface area contributed by atoms with E-state index in [1.807, 2.05) is 35.7 Å². The number of amides is 2. The lowest BCUT2D eigenvalue weighted by molar-refractivity contribution is -0.117. The summed E-state index contributed by atoms with van der Waals surface area (Å²) in [6.07, 6.45) is 2.49. The number of para-hydroxylation sites is 2. The van der Waals surface area contributed by atoms with Crippen LogP contribution in [0.5, 0.6) is 0 Å². The van der Waals surface area contributed by atoms with E-state index < -0.39 is 0 Å². The first kappa shape index (κ1) is 15.2. The Labute approximate surface area is 137 Å². The molecule has 0 unspecified atom stereocenters. The summed E-state index contributed by atoms with van der Waals surface area (Å²) in [6.45, 7) is 0.467. The van der Waals surface area contributed by atoms with Gasteiger partial charge in [-0.1, -0.05) is 18.2 Å². The maximum absolute atomic E-state index is 12.0. The summed E-state index contributed by atoms with van der Waals surface area (Å²) in [4.78, 5) is 28.6. The number of benzene rings is 1. The maximum Gasteiger partial charge on any atom is 0.261 e. The minimum atomic E-state index is -0.112. The molecule has 0 saturated carbocycles. The number of thiophene rings is 1. The molecule has 0 bridgehead atoms. The zero-order valence-electron chi connectivity index (χ0n) is 12.4. The van der Waals surface area contributed by atoms with E-state index in [0.717, 1.165) is 11.0 Å². The largest absolute Gasteiger partial charge is 0.351 e. The van der Waals surface area contributed by atoms with Crippen LogP contribution in [0.15, 0.2) is 48.1 Å². The molecule has 2 N–H and O–H groups in total. The smallest absolute Gasteiger partial charge is 0.261 e. The van der Waals surface area contributed by atoms with Gasteiger partial charge in [-0.3, -0.25) is 15.0 Å². The molecule has 0 aliphatic carbocycles. The van der Waals surface area contributed by atoms with Crippen LogP contribution in [0.1, 0.15) is 22.5 Å². The lowest BCUT2D eigenvalue weighted by Crippen LogP contribution is -2.26. The first-order valence-electron chi connectivity index (χ1n) is 7.28. The highest BCUT2D eigenvalue weighted by atomic mass is 32.1. The van der Waals surface area contributed by atoms with Gasteiger partial charge in [0.05, 0.1) is 15.9 Å². The molecule has 0 spiro atoms. The third kappa shape index (κ3) is 3.75. The fraction of sp³-hybridized carbons (Fsp3) is 0.188. The number of carbonyl (C=O) groups excluding carboxylic acids is 2. The van der Waals surface area contributed by atoms with Crippen molar-refractivity contribution in [1.29, 1.82) is 0 Å². The van der Waals surface area contributed by atoms with Crippen molar-refractivity contribution in [3.8, 4) is 0 Å². The number of nitrogens with one attached hydrogen (secondary N) is 2. The number of fused-ring (bicyclic) bond motifs is 1. The van der Waals surface area contributed by atoms with Gasteiger partial charge in [0.25, 0.3) is 5.91 Å². The Hall–Kier alpha value is -2.67. The quantitative estimate of drug-likeness (QED) is 0.682. The molecule has 0 aliphatic heterocycles. The van der Waals surface area contributed by atoms with E-state index in [1.165, 1.54) is 11.3 Å². The fourth-order valence-electron chi connectivity index (χ4n) is 2.18. The molecule has 6 nitrogen and oxygen atoms in total. The monoisotopic (exact) mass is 328 g/mol. The minimum Gasteiger partial charge on any atom is -0.351 e. The van der Waals surface area contributed by atoms with Crippen LogP contribution in [0.25, 0.3) is 11.0 Å². The second kappa shape index (κ2) is 7.06. The molecular weight excluding hydrogens is 312 g/mol. The molecule has 2 heterocycles. The second-order valence-electron chi connectivity index (χ2n) is 4.98. The number of hydrogen-bond acceptors (Lipinski definition) is 4. The summed E-state index contributed by atoms with van der Waals surface area (Å²) in [6, 6.07) is 11.2. The predicted molar refractivity (Wildman–Crippen MR) is 90.0 cm³/mol. The zero-order chi connectivity index (χ0) is 16.1. The molecule has 118 valence electrons. The minimum absolute atomic E-state index is 0.0963. The molecule has 1 aromatic carbocycles. The first-order valence-corrected chi connectivity index (χ1v) is 8.15. The Bertz CT molecular complexity index is 810. The van der Waals surface area contributed by atoms with Crippen molar-refractivity contribution in [2.75, 3.05) is 12.0 Å². The molecule has 0 aliphatic rings.